The lowest BCUT2D eigenvalue weighted by Gasteiger charge is -2.00. The van der Waals surface area contributed by atoms with Gasteiger partial charge >= 0.3 is 0 Å². The summed E-state index contributed by atoms with van der Waals surface area (Å²) >= 11 is 3.31. The molecule has 0 atom stereocenters. The second-order valence-corrected chi connectivity index (χ2v) is 4.79. The standard InChI is InChI=1S/C10H9NOS2/c1-12-8-2-4-9(5-3-8)14-10-11-6-7-13-10/h2-7H,1H3. The highest BCUT2D eigenvalue weighted by atomic mass is 32.2. The van der Waals surface area contributed by atoms with Crippen LogP contribution in [0.2, 0.25) is 0 Å². The van der Waals surface area contributed by atoms with Crippen LogP contribution >= 0.6 is 23.1 Å². The summed E-state index contributed by atoms with van der Waals surface area (Å²) in [4.78, 5) is 5.39. The fourth-order valence-corrected chi connectivity index (χ4v) is 2.60. The van der Waals surface area contributed by atoms with Crippen LogP contribution in [0.25, 0.3) is 0 Å². The summed E-state index contributed by atoms with van der Waals surface area (Å²) in [6.07, 6.45) is 1.82. The van der Waals surface area contributed by atoms with Crippen molar-refractivity contribution >= 4 is 23.1 Å². The first-order valence-electron chi connectivity index (χ1n) is 4.10. The van der Waals surface area contributed by atoms with Crippen molar-refractivity contribution in [1.82, 2.24) is 4.98 Å². The zero-order valence-corrected chi connectivity index (χ0v) is 9.27. The van der Waals surface area contributed by atoms with Crippen LogP contribution in [0, 0.1) is 0 Å². The van der Waals surface area contributed by atoms with E-state index in [1.54, 1.807) is 30.2 Å². The monoisotopic (exact) mass is 223 g/mol. The van der Waals surface area contributed by atoms with Gasteiger partial charge in [0.2, 0.25) is 0 Å². The number of benzene rings is 1. The molecular weight excluding hydrogens is 214 g/mol. The van der Waals surface area contributed by atoms with Crippen LogP contribution in [0.15, 0.2) is 45.1 Å². The molecule has 2 rings (SSSR count). The Kier molecular flexibility index (Phi) is 3.06. The normalized spacial score (nSPS) is 10.1. The van der Waals surface area contributed by atoms with E-state index in [4.69, 9.17) is 4.74 Å². The average Bonchev–Trinajstić information content (AvgIpc) is 2.72. The molecule has 0 saturated carbocycles. The molecule has 1 heterocycles. The molecule has 1 aromatic carbocycles. The molecule has 0 fully saturated rings. The zero-order chi connectivity index (χ0) is 9.80. The number of nitrogens with zero attached hydrogens (tertiary/aromatic N) is 1. The molecule has 0 saturated heterocycles. The van der Waals surface area contributed by atoms with Crippen molar-refractivity contribution in [2.75, 3.05) is 7.11 Å². The summed E-state index contributed by atoms with van der Waals surface area (Å²) in [5, 5.41) is 1.98. The Morgan fingerprint density at radius 2 is 2.07 bits per heavy atom. The fraction of sp³-hybridized carbons (Fsp3) is 0.100. The molecule has 2 nitrogen and oxygen atoms in total. The average molecular weight is 223 g/mol. The van der Waals surface area contributed by atoms with Crippen molar-refractivity contribution in [3.05, 3.63) is 35.8 Å². The molecule has 0 N–H and O–H groups in total. The zero-order valence-electron chi connectivity index (χ0n) is 7.64. The predicted octanol–water partition coefficient (Wildman–Crippen LogP) is 3.30. The number of thiazole rings is 1. The Labute approximate surface area is 91.0 Å². The number of rotatable bonds is 3. The maximum atomic E-state index is 5.08. The van der Waals surface area contributed by atoms with Gasteiger partial charge in [-0.25, -0.2) is 4.98 Å². The lowest BCUT2D eigenvalue weighted by atomic mass is 10.3. The van der Waals surface area contributed by atoms with Gasteiger partial charge in [0.05, 0.1) is 7.11 Å². The summed E-state index contributed by atoms with van der Waals surface area (Å²) in [6.45, 7) is 0. The van der Waals surface area contributed by atoms with E-state index < -0.39 is 0 Å². The van der Waals surface area contributed by atoms with E-state index in [0.717, 1.165) is 10.1 Å². The van der Waals surface area contributed by atoms with E-state index in [2.05, 4.69) is 4.98 Å². The van der Waals surface area contributed by atoms with E-state index >= 15 is 0 Å². The van der Waals surface area contributed by atoms with Gasteiger partial charge in [0.25, 0.3) is 0 Å². The van der Waals surface area contributed by atoms with Gasteiger partial charge in [-0.15, -0.1) is 11.3 Å². The first kappa shape index (κ1) is 9.55. The van der Waals surface area contributed by atoms with E-state index in [-0.39, 0.29) is 0 Å². The number of ether oxygens (including phenoxy) is 1. The molecule has 0 bridgehead atoms. The van der Waals surface area contributed by atoms with Gasteiger partial charge in [-0.2, -0.15) is 0 Å². The summed E-state index contributed by atoms with van der Waals surface area (Å²) in [5.41, 5.74) is 0. The third-order valence-electron chi connectivity index (χ3n) is 1.67. The van der Waals surface area contributed by atoms with Gasteiger partial charge in [0, 0.05) is 16.5 Å². The van der Waals surface area contributed by atoms with Crippen LogP contribution in [0.5, 0.6) is 5.75 Å². The number of aromatic nitrogens is 1. The van der Waals surface area contributed by atoms with Crippen LogP contribution in [-0.4, -0.2) is 12.1 Å². The summed E-state index contributed by atoms with van der Waals surface area (Å²) in [6, 6.07) is 7.97. The quantitative estimate of drug-likeness (QED) is 0.797. The first-order chi connectivity index (χ1) is 6.88. The number of hydrogen-bond acceptors (Lipinski definition) is 4. The minimum atomic E-state index is 0.883. The minimum Gasteiger partial charge on any atom is -0.497 e. The molecule has 4 heteroatoms. The minimum absolute atomic E-state index is 0.883. The highest BCUT2D eigenvalue weighted by Crippen LogP contribution is 2.29. The van der Waals surface area contributed by atoms with Crippen LogP contribution in [-0.2, 0) is 0 Å². The second kappa shape index (κ2) is 4.48. The topological polar surface area (TPSA) is 22.1 Å². The van der Waals surface area contributed by atoms with Gasteiger partial charge in [-0.05, 0) is 24.3 Å². The maximum Gasteiger partial charge on any atom is 0.154 e. The number of methoxy groups -OCH3 is 1. The molecule has 0 aliphatic heterocycles. The third-order valence-corrected chi connectivity index (χ3v) is 3.57. The second-order valence-electron chi connectivity index (χ2n) is 2.58. The largest absolute Gasteiger partial charge is 0.497 e. The van der Waals surface area contributed by atoms with Crippen LogP contribution in [0.4, 0.5) is 0 Å². The lowest BCUT2D eigenvalue weighted by molar-refractivity contribution is 0.414. The lowest BCUT2D eigenvalue weighted by Crippen LogP contribution is -1.80. The van der Waals surface area contributed by atoms with Crippen molar-refractivity contribution in [3.63, 3.8) is 0 Å². The van der Waals surface area contributed by atoms with Crippen molar-refractivity contribution in [2.24, 2.45) is 0 Å². The predicted molar refractivity (Wildman–Crippen MR) is 59.2 cm³/mol. The van der Waals surface area contributed by atoms with Gasteiger partial charge in [0.15, 0.2) is 4.34 Å². The van der Waals surface area contributed by atoms with Gasteiger partial charge in [-0.1, -0.05) is 11.8 Å². The smallest absolute Gasteiger partial charge is 0.154 e. The van der Waals surface area contributed by atoms with Crippen LogP contribution < -0.4 is 4.74 Å². The Morgan fingerprint density at radius 3 is 2.64 bits per heavy atom. The van der Waals surface area contributed by atoms with Crippen molar-refractivity contribution in [2.45, 2.75) is 9.24 Å². The Hall–Kier alpha value is -1.00. The molecule has 14 heavy (non-hydrogen) atoms. The highest BCUT2D eigenvalue weighted by molar-refractivity contribution is 8.01. The van der Waals surface area contributed by atoms with Crippen LogP contribution in [0.1, 0.15) is 0 Å². The van der Waals surface area contributed by atoms with Crippen molar-refractivity contribution in [3.8, 4) is 5.75 Å². The summed E-state index contributed by atoms with van der Waals surface area (Å²) in [5.74, 6) is 0.883. The molecule has 0 unspecified atom stereocenters. The molecule has 2 aromatic rings. The van der Waals surface area contributed by atoms with E-state index in [1.165, 1.54) is 4.90 Å². The molecule has 0 aliphatic carbocycles. The molecular formula is C10H9NOS2. The van der Waals surface area contributed by atoms with E-state index in [0.29, 0.717) is 0 Å². The molecule has 72 valence electrons. The Morgan fingerprint density at radius 1 is 1.29 bits per heavy atom. The van der Waals surface area contributed by atoms with Crippen molar-refractivity contribution < 1.29 is 4.74 Å². The summed E-state index contributed by atoms with van der Waals surface area (Å²) in [7, 11) is 1.67. The number of hydrogen-bond donors (Lipinski definition) is 0. The van der Waals surface area contributed by atoms with Crippen molar-refractivity contribution in [1.29, 1.82) is 0 Å². The van der Waals surface area contributed by atoms with Gasteiger partial charge in [-0.3, -0.25) is 0 Å². The fourth-order valence-electron chi connectivity index (χ4n) is 1.01. The maximum absolute atomic E-state index is 5.08. The molecule has 0 amide bonds. The van der Waals surface area contributed by atoms with Gasteiger partial charge in [0.1, 0.15) is 5.75 Å². The summed E-state index contributed by atoms with van der Waals surface area (Å²) < 4.78 is 6.15. The molecule has 0 radical (unpaired) electrons. The van der Waals surface area contributed by atoms with Crippen LogP contribution in [0.3, 0.4) is 0 Å². The third kappa shape index (κ3) is 2.27. The molecule has 1 aromatic heterocycles. The van der Waals surface area contributed by atoms with Gasteiger partial charge < -0.3 is 4.74 Å². The highest BCUT2D eigenvalue weighted by Gasteiger charge is 1.99. The molecule has 0 aliphatic rings. The Bertz CT molecular complexity index is 383. The van der Waals surface area contributed by atoms with E-state index in [9.17, 15) is 0 Å². The SMILES string of the molecule is COc1ccc(Sc2nccs2)cc1. The first-order valence-corrected chi connectivity index (χ1v) is 5.79. The van der Waals surface area contributed by atoms with E-state index in [1.807, 2.05) is 35.8 Å². The Balaban J connectivity index is 2.10. The molecule has 0 spiro atoms.